The fourth-order valence-corrected chi connectivity index (χ4v) is 2.03. The molecule has 0 atom stereocenters. The Balaban J connectivity index is 1.54. The average Bonchev–Trinajstić information content (AvgIpc) is 3.04. The Bertz CT molecular complexity index is 800. The van der Waals surface area contributed by atoms with Crippen molar-refractivity contribution in [3.05, 3.63) is 53.6 Å². The van der Waals surface area contributed by atoms with Crippen LogP contribution in [0.3, 0.4) is 0 Å². The summed E-state index contributed by atoms with van der Waals surface area (Å²) in [7, 11) is 0. The van der Waals surface area contributed by atoms with Crippen molar-refractivity contribution in [1.29, 1.82) is 0 Å². The number of carbonyl (C=O) groups is 2. The molecular weight excluding hydrogens is 310 g/mol. The molecule has 7 nitrogen and oxygen atoms in total. The Morgan fingerprint density at radius 1 is 1.04 bits per heavy atom. The summed E-state index contributed by atoms with van der Waals surface area (Å²) in [5.41, 5.74) is 4.49. The molecule has 0 unspecified atom stereocenters. The highest BCUT2D eigenvalue weighted by atomic mass is 16.7. The Morgan fingerprint density at radius 2 is 1.79 bits per heavy atom. The second kappa shape index (κ2) is 6.82. The monoisotopic (exact) mass is 325 g/mol. The summed E-state index contributed by atoms with van der Waals surface area (Å²) in [5.74, 6) is -0.370. The van der Waals surface area contributed by atoms with Gasteiger partial charge in [-0.25, -0.2) is 5.43 Å². The molecule has 7 heteroatoms. The van der Waals surface area contributed by atoms with Crippen molar-refractivity contribution < 1.29 is 19.1 Å². The molecular formula is C17H15N3O4. The van der Waals surface area contributed by atoms with Gasteiger partial charge in [0.05, 0.1) is 6.21 Å². The Morgan fingerprint density at radius 3 is 2.58 bits per heavy atom. The number of anilines is 1. The normalized spacial score (nSPS) is 12.2. The van der Waals surface area contributed by atoms with E-state index in [-0.39, 0.29) is 6.79 Å². The minimum Gasteiger partial charge on any atom is -0.454 e. The van der Waals surface area contributed by atoms with Crippen LogP contribution in [-0.2, 0) is 9.59 Å². The van der Waals surface area contributed by atoms with E-state index in [0.717, 1.165) is 5.56 Å². The van der Waals surface area contributed by atoms with Crippen molar-refractivity contribution in [3.8, 4) is 11.5 Å². The maximum absolute atomic E-state index is 11.8. The first-order valence-corrected chi connectivity index (χ1v) is 7.22. The SMILES string of the molecule is Cc1ccc(NC(=O)C(=O)N/N=C/c2ccc3c(c2)OCO3)cc1. The first-order chi connectivity index (χ1) is 11.6. The summed E-state index contributed by atoms with van der Waals surface area (Å²) in [6, 6.07) is 12.3. The zero-order valence-corrected chi connectivity index (χ0v) is 12.9. The van der Waals surface area contributed by atoms with E-state index in [9.17, 15) is 9.59 Å². The van der Waals surface area contributed by atoms with Crippen LogP contribution < -0.4 is 20.2 Å². The highest BCUT2D eigenvalue weighted by molar-refractivity contribution is 6.39. The van der Waals surface area contributed by atoms with E-state index in [1.807, 2.05) is 19.1 Å². The lowest BCUT2D eigenvalue weighted by Crippen LogP contribution is -2.32. The first kappa shape index (κ1) is 15.5. The fraction of sp³-hybridized carbons (Fsp3) is 0.118. The maximum atomic E-state index is 11.8. The molecule has 24 heavy (non-hydrogen) atoms. The van der Waals surface area contributed by atoms with Gasteiger partial charge in [0.25, 0.3) is 0 Å². The van der Waals surface area contributed by atoms with Crippen LogP contribution in [0.1, 0.15) is 11.1 Å². The number of fused-ring (bicyclic) bond motifs is 1. The lowest BCUT2D eigenvalue weighted by Gasteiger charge is -2.04. The van der Waals surface area contributed by atoms with Crippen LogP contribution in [0.2, 0.25) is 0 Å². The van der Waals surface area contributed by atoms with Gasteiger partial charge in [-0.1, -0.05) is 17.7 Å². The van der Waals surface area contributed by atoms with Crippen LogP contribution in [0, 0.1) is 6.92 Å². The topological polar surface area (TPSA) is 89.0 Å². The number of nitrogens with one attached hydrogen (secondary N) is 2. The zero-order valence-electron chi connectivity index (χ0n) is 12.9. The first-order valence-electron chi connectivity index (χ1n) is 7.22. The van der Waals surface area contributed by atoms with Crippen LogP contribution in [0.25, 0.3) is 0 Å². The maximum Gasteiger partial charge on any atom is 0.329 e. The number of hydrogen-bond donors (Lipinski definition) is 2. The van der Waals surface area contributed by atoms with Crippen molar-refractivity contribution in [1.82, 2.24) is 5.43 Å². The lowest BCUT2D eigenvalue weighted by molar-refractivity contribution is -0.136. The predicted octanol–water partition coefficient (Wildman–Crippen LogP) is 1.81. The van der Waals surface area contributed by atoms with E-state index in [1.54, 1.807) is 30.3 Å². The van der Waals surface area contributed by atoms with Crippen LogP contribution >= 0.6 is 0 Å². The number of nitrogens with zero attached hydrogens (tertiary/aromatic N) is 1. The van der Waals surface area contributed by atoms with Gasteiger partial charge in [0.1, 0.15) is 0 Å². The molecule has 2 amide bonds. The van der Waals surface area contributed by atoms with Gasteiger partial charge >= 0.3 is 11.8 Å². The van der Waals surface area contributed by atoms with Gasteiger partial charge < -0.3 is 14.8 Å². The van der Waals surface area contributed by atoms with Crippen molar-refractivity contribution >= 4 is 23.7 Å². The minimum atomic E-state index is -0.854. The molecule has 2 aromatic rings. The van der Waals surface area contributed by atoms with Gasteiger partial charge in [-0.05, 0) is 42.8 Å². The second-order valence-electron chi connectivity index (χ2n) is 5.13. The van der Waals surface area contributed by atoms with Crippen molar-refractivity contribution in [2.75, 3.05) is 12.1 Å². The number of rotatable bonds is 3. The summed E-state index contributed by atoms with van der Waals surface area (Å²) in [6.45, 7) is 2.12. The van der Waals surface area contributed by atoms with Gasteiger partial charge in [-0.2, -0.15) is 5.10 Å². The van der Waals surface area contributed by atoms with Crippen molar-refractivity contribution in [2.24, 2.45) is 5.10 Å². The molecule has 0 bridgehead atoms. The largest absolute Gasteiger partial charge is 0.454 e. The van der Waals surface area contributed by atoms with Crippen LogP contribution in [0.15, 0.2) is 47.6 Å². The van der Waals surface area contributed by atoms with E-state index in [1.165, 1.54) is 6.21 Å². The van der Waals surface area contributed by atoms with Crippen molar-refractivity contribution in [3.63, 3.8) is 0 Å². The molecule has 0 saturated carbocycles. The molecule has 0 saturated heterocycles. The number of aryl methyl sites for hydroxylation is 1. The molecule has 0 aromatic heterocycles. The summed E-state index contributed by atoms with van der Waals surface area (Å²) in [5, 5.41) is 6.25. The summed E-state index contributed by atoms with van der Waals surface area (Å²) < 4.78 is 10.4. The van der Waals surface area contributed by atoms with E-state index in [4.69, 9.17) is 9.47 Å². The van der Waals surface area contributed by atoms with Crippen LogP contribution in [0.4, 0.5) is 5.69 Å². The zero-order chi connectivity index (χ0) is 16.9. The third kappa shape index (κ3) is 3.70. The summed E-state index contributed by atoms with van der Waals surface area (Å²) in [6.07, 6.45) is 1.42. The molecule has 1 aliphatic rings. The predicted molar refractivity (Wildman–Crippen MR) is 88.1 cm³/mol. The number of benzene rings is 2. The minimum absolute atomic E-state index is 0.186. The Hall–Kier alpha value is -3.35. The fourth-order valence-electron chi connectivity index (χ4n) is 2.03. The number of amides is 2. The van der Waals surface area contributed by atoms with Gasteiger partial charge in [0.2, 0.25) is 6.79 Å². The molecule has 0 radical (unpaired) electrons. The molecule has 0 spiro atoms. The smallest absolute Gasteiger partial charge is 0.329 e. The third-order valence-corrected chi connectivity index (χ3v) is 3.29. The molecule has 122 valence electrons. The third-order valence-electron chi connectivity index (χ3n) is 3.29. The highest BCUT2D eigenvalue weighted by Gasteiger charge is 2.14. The van der Waals surface area contributed by atoms with E-state index in [2.05, 4.69) is 15.8 Å². The quantitative estimate of drug-likeness (QED) is 0.512. The molecule has 1 heterocycles. The van der Waals surface area contributed by atoms with Gasteiger partial charge in [-0.3, -0.25) is 9.59 Å². The number of ether oxygens (including phenoxy) is 2. The van der Waals surface area contributed by atoms with Gasteiger partial charge in [0, 0.05) is 5.69 Å². The van der Waals surface area contributed by atoms with Crippen LogP contribution in [0.5, 0.6) is 11.5 Å². The average molecular weight is 325 g/mol. The highest BCUT2D eigenvalue weighted by Crippen LogP contribution is 2.31. The van der Waals surface area contributed by atoms with Crippen molar-refractivity contribution in [2.45, 2.75) is 6.92 Å². The van der Waals surface area contributed by atoms with E-state index >= 15 is 0 Å². The van der Waals surface area contributed by atoms with Gasteiger partial charge in [-0.15, -0.1) is 0 Å². The lowest BCUT2D eigenvalue weighted by atomic mass is 10.2. The Labute approximate surface area is 138 Å². The molecule has 0 aliphatic carbocycles. The molecule has 2 aromatic carbocycles. The van der Waals surface area contributed by atoms with Gasteiger partial charge in [0.15, 0.2) is 11.5 Å². The molecule has 1 aliphatic heterocycles. The molecule has 3 rings (SSSR count). The van der Waals surface area contributed by atoms with Crippen LogP contribution in [-0.4, -0.2) is 24.8 Å². The number of carbonyl (C=O) groups excluding carboxylic acids is 2. The Kier molecular flexibility index (Phi) is 4.42. The molecule has 0 fully saturated rings. The number of hydrazone groups is 1. The van der Waals surface area contributed by atoms with E-state index < -0.39 is 11.8 Å². The summed E-state index contributed by atoms with van der Waals surface area (Å²) in [4.78, 5) is 23.5. The molecule has 2 N–H and O–H groups in total. The summed E-state index contributed by atoms with van der Waals surface area (Å²) >= 11 is 0. The second-order valence-corrected chi connectivity index (χ2v) is 5.13. The standard InChI is InChI=1S/C17H15N3O4/c1-11-2-5-13(6-3-11)19-16(21)17(22)20-18-9-12-4-7-14-15(8-12)24-10-23-14/h2-9H,10H2,1H3,(H,19,21)(H,20,22)/b18-9+. The van der Waals surface area contributed by atoms with E-state index in [0.29, 0.717) is 22.7 Å². The number of hydrogen-bond acceptors (Lipinski definition) is 5.